The summed E-state index contributed by atoms with van der Waals surface area (Å²) in [4.78, 5) is 16.1. The standard InChI is InChI=1S/C17H27N3O3/c1-2-3-10-23-16-15(7-4-8-18-16)12-20-17(21)19-11-14-6-5-9-22-13-14/h4,7-8,14H,2-3,5-6,9-13H2,1H3,(H2,19,20,21). The highest BCUT2D eigenvalue weighted by Crippen LogP contribution is 2.14. The van der Waals surface area contributed by atoms with E-state index in [1.165, 1.54) is 0 Å². The third kappa shape index (κ3) is 6.44. The fourth-order valence-electron chi connectivity index (χ4n) is 2.45. The lowest BCUT2D eigenvalue weighted by Gasteiger charge is -2.22. The van der Waals surface area contributed by atoms with Gasteiger partial charge in [0.25, 0.3) is 0 Å². The molecule has 0 saturated carbocycles. The van der Waals surface area contributed by atoms with Crippen LogP contribution in [-0.4, -0.2) is 37.4 Å². The van der Waals surface area contributed by atoms with Crippen molar-refractivity contribution in [3.8, 4) is 5.88 Å². The normalized spacial score (nSPS) is 17.5. The maximum atomic E-state index is 11.9. The van der Waals surface area contributed by atoms with Crippen LogP contribution in [0.4, 0.5) is 4.79 Å². The summed E-state index contributed by atoms with van der Waals surface area (Å²) in [5, 5.41) is 5.76. The van der Waals surface area contributed by atoms with Crippen molar-refractivity contribution in [1.29, 1.82) is 0 Å². The summed E-state index contributed by atoms with van der Waals surface area (Å²) in [6.07, 6.45) is 5.95. The van der Waals surface area contributed by atoms with E-state index in [-0.39, 0.29) is 6.03 Å². The molecule has 0 aromatic carbocycles. The molecule has 1 atom stereocenters. The van der Waals surface area contributed by atoms with E-state index < -0.39 is 0 Å². The molecule has 1 aliphatic heterocycles. The molecule has 1 aliphatic rings. The van der Waals surface area contributed by atoms with Gasteiger partial charge in [-0.05, 0) is 31.2 Å². The zero-order chi connectivity index (χ0) is 16.3. The van der Waals surface area contributed by atoms with Crippen molar-refractivity contribution in [1.82, 2.24) is 15.6 Å². The number of hydrogen-bond donors (Lipinski definition) is 2. The Kier molecular flexibility index (Phi) is 7.66. The highest BCUT2D eigenvalue weighted by atomic mass is 16.5. The summed E-state index contributed by atoms with van der Waals surface area (Å²) in [5.74, 6) is 1.02. The minimum atomic E-state index is -0.168. The molecule has 1 saturated heterocycles. The van der Waals surface area contributed by atoms with E-state index >= 15 is 0 Å². The Hall–Kier alpha value is -1.82. The van der Waals surface area contributed by atoms with Crippen LogP contribution >= 0.6 is 0 Å². The van der Waals surface area contributed by atoms with Crippen molar-refractivity contribution in [3.63, 3.8) is 0 Å². The quantitative estimate of drug-likeness (QED) is 0.722. The zero-order valence-corrected chi connectivity index (χ0v) is 13.8. The van der Waals surface area contributed by atoms with E-state index in [1.54, 1.807) is 6.20 Å². The number of urea groups is 1. The van der Waals surface area contributed by atoms with Crippen LogP contribution in [0.15, 0.2) is 18.3 Å². The van der Waals surface area contributed by atoms with Gasteiger partial charge >= 0.3 is 6.03 Å². The summed E-state index contributed by atoms with van der Waals surface area (Å²) in [7, 11) is 0. The molecular formula is C17H27N3O3. The number of amides is 2. The van der Waals surface area contributed by atoms with Crippen molar-refractivity contribution < 1.29 is 14.3 Å². The molecule has 0 aliphatic carbocycles. The molecule has 1 fully saturated rings. The first kappa shape index (κ1) is 17.5. The summed E-state index contributed by atoms with van der Waals surface area (Å²) < 4.78 is 11.1. The second-order valence-corrected chi connectivity index (χ2v) is 5.82. The van der Waals surface area contributed by atoms with Crippen molar-refractivity contribution in [2.75, 3.05) is 26.4 Å². The molecule has 23 heavy (non-hydrogen) atoms. The second-order valence-electron chi connectivity index (χ2n) is 5.82. The van der Waals surface area contributed by atoms with E-state index in [9.17, 15) is 4.79 Å². The van der Waals surface area contributed by atoms with Gasteiger partial charge in [-0.3, -0.25) is 0 Å². The van der Waals surface area contributed by atoms with E-state index in [0.717, 1.165) is 44.5 Å². The minimum Gasteiger partial charge on any atom is -0.477 e. The van der Waals surface area contributed by atoms with E-state index in [4.69, 9.17) is 9.47 Å². The lowest BCUT2D eigenvalue weighted by Crippen LogP contribution is -2.39. The average molecular weight is 321 g/mol. The van der Waals surface area contributed by atoms with Crippen molar-refractivity contribution >= 4 is 6.03 Å². The number of unbranched alkanes of at least 4 members (excludes halogenated alkanes) is 1. The lowest BCUT2D eigenvalue weighted by molar-refractivity contribution is 0.0557. The van der Waals surface area contributed by atoms with Crippen LogP contribution in [0.2, 0.25) is 0 Å². The van der Waals surface area contributed by atoms with Crippen LogP contribution in [0.5, 0.6) is 5.88 Å². The van der Waals surface area contributed by atoms with Gasteiger partial charge < -0.3 is 20.1 Å². The summed E-state index contributed by atoms with van der Waals surface area (Å²) >= 11 is 0. The molecule has 6 nitrogen and oxygen atoms in total. The largest absolute Gasteiger partial charge is 0.477 e. The number of nitrogens with zero attached hydrogens (tertiary/aromatic N) is 1. The van der Waals surface area contributed by atoms with Gasteiger partial charge in [0.05, 0.1) is 13.2 Å². The molecule has 1 aromatic heterocycles. The van der Waals surface area contributed by atoms with Crippen LogP contribution in [0.25, 0.3) is 0 Å². The first-order valence-corrected chi connectivity index (χ1v) is 8.45. The van der Waals surface area contributed by atoms with Crippen molar-refractivity contribution in [3.05, 3.63) is 23.9 Å². The zero-order valence-electron chi connectivity index (χ0n) is 13.8. The molecular weight excluding hydrogens is 294 g/mol. The van der Waals surface area contributed by atoms with Crippen LogP contribution in [0, 0.1) is 5.92 Å². The van der Waals surface area contributed by atoms with Crippen molar-refractivity contribution in [2.24, 2.45) is 5.92 Å². The molecule has 6 heteroatoms. The Morgan fingerprint density at radius 2 is 2.39 bits per heavy atom. The summed E-state index contributed by atoms with van der Waals surface area (Å²) in [5.41, 5.74) is 0.889. The highest BCUT2D eigenvalue weighted by Gasteiger charge is 2.14. The smallest absolute Gasteiger partial charge is 0.315 e. The Morgan fingerprint density at radius 3 is 3.17 bits per heavy atom. The van der Waals surface area contributed by atoms with E-state index in [0.29, 0.717) is 31.5 Å². The van der Waals surface area contributed by atoms with Gasteiger partial charge in [-0.2, -0.15) is 0 Å². The maximum absolute atomic E-state index is 11.9. The van der Waals surface area contributed by atoms with Gasteiger partial charge in [0.1, 0.15) is 0 Å². The third-order valence-electron chi connectivity index (χ3n) is 3.83. The number of rotatable bonds is 8. The fourth-order valence-corrected chi connectivity index (χ4v) is 2.45. The number of pyridine rings is 1. The Balaban J connectivity index is 1.72. The topological polar surface area (TPSA) is 72.5 Å². The lowest BCUT2D eigenvalue weighted by atomic mass is 10.0. The first-order chi connectivity index (χ1) is 11.3. The maximum Gasteiger partial charge on any atom is 0.315 e. The van der Waals surface area contributed by atoms with E-state index in [1.807, 2.05) is 12.1 Å². The van der Waals surface area contributed by atoms with Crippen LogP contribution < -0.4 is 15.4 Å². The Bertz CT molecular complexity index is 476. The van der Waals surface area contributed by atoms with Crippen molar-refractivity contribution in [2.45, 2.75) is 39.2 Å². The molecule has 0 spiro atoms. The average Bonchev–Trinajstić information content (AvgIpc) is 2.60. The van der Waals surface area contributed by atoms with Gasteiger partial charge in [0.15, 0.2) is 0 Å². The minimum absolute atomic E-state index is 0.168. The highest BCUT2D eigenvalue weighted by molar-refractivity contribution is 5.73. The molecule has 2 amide bonds. The predicted molar refractivity (Wildman–Crippen MR) is 88.4 cm³/mol. The van der Waals surface area contributed by atoms with Gasteiger partial charge in [0.2, 0.25) is 5.88 Å². The molecule has 0 radical (unpaired) electrons. The first-order valence-electron chi connectivity index (χ1n) is 8.45. The number of aromatic nitrogens is 1. The summed E-state index contributed by atoms with van der Waals surface area (Å²) in [6.45, 7) is 5.39. The monoisotopic (exact) mass is 321 g/mol. The molecule has 0 bridgehead atoms. The van der Waals surface area contributed by atoms with Crippen LogP contribution in [0.1, 0.15) is 38.2 Å². The molecule has 1 unspecified atom stereocenters. The Morgan fingerprint density at radius 1 is 1.48 bits per heavy atom. The number of carbonyl (C=O) groups excluding carboxylic acids is 1. The number of ether oxygens (including phenoxy) is 2. The van der Waals surface area contributed by atoms with Gasteiger partial charge in [0, 0.05) is 31.5 Å². The molecule has 1 aromatic rings. The fraction of sp³-hybridized carbons (Fsp3) is 0.647. The Labute approximate surface area is 138 Å². The van der Waals surface area contributed by atoms with Gasteiger partial charge in [-0.25, -0.2) is 9.78 Å². The van der Waals surface area contributed by atoms with E-state index in [2.05, 4.69) is 22.5 Å². The summed E-state index contributed by atoms with van der Waals surface area (Å²) in [6, 6.07) is 3.60. The second kappa shape index (κ2) is 10.0. The molecule has 2 heterocycles. The van der Waals surface area contributed by atoms with Gasteiger partial charge in [-0.1, -0.05) is 19.4 Å². The molecule has 2 rings (SSSR count). The van der Waals surface area contributed by atoms with Crippen LogP contribution in [0.3, 0.4) is 0 Å². The predicted octanol–water partition coefficient (Wildman–Crippen LogP) is 2.49. The number of carbonyl (C=O) groups is 1. The third-order valence-corrected chi connectivity index (χ3v) is 3.83. The SMILES string of the molecule is CCCCOc1ncccc1CNC(=O)NCC1CCCOC1. The van der Waals surface area contributed by atoms with Gasteiger partial charge in [-0.15, -0.1) is 0 Å². The van der Waals surface area contributed by atoms with Crippen LogP contribution in [-0.2, 0) is 11.3 Å². The molecule has 128 valence electrons. The molecule has 2 N–H and O–H groups in total. The number of hydrogen-bond acceptors (Lipinski definition) is 4. The number of nitrogens with one attached hydrogen (secondary N) is 2.